The van der Waals surface area contributed by atoms with Crippen LogP contribution in [0.15, 0.2) is 0 Å². The number of nitrogens with two attached hydrogens (primary N) is 1. The SMILES string of the molecule is CCCCCCCC(O)CNCCN. The van der Waals surface area contributed by atoms with Crippen molar-refractivity contribution in [3.63, 3.8) is 0 Å². The van der Waals surface area contributed by atoms with E-state index in [9.17, 15) is 5.11 Å². The maximum Gasteiger partial charge on any atom is 0.0664 e. The van der Waals surface area contributed by atoms with Gasteiger partial charge in [-0.3, -0.25) is 0 Å². The van der Waals surface area contributed by atoms with Crippen LogP contribution in [0, 0.1) is 0 Å². The second-order valence-corrected chi connectivity index (χ2v) is 3.85. The molecule has 0 aromatic heterocycles. The van der Waals surface area contributed by atoms with Crippen molar-refractivity contribution in [3.05, 3.63) is 0 Å². The Morgan fingerprint density at radius 2 is 1.93 bits per heavy atom. The van der Waals surface area contributed by atoms with Crippen LogP contribution in [0.1, 0.15) is 45.4 Å². The summed E-state index contributed by atoms with van der Waals surface area (Å²) in [5.74, 6) is 0. The summed E-state index contributed by atoms with van der Waals surface area (Å²) < 4.78 is 0. The van der Waals surface area contributed by atoms with Crippen molar-refractivity contribution in [2.24, 2.45) is 5.73 Å². The summed E-state index contributed by atoms with van der Waals surface area (Å²) in [5, 5.41) is 12.6. The van der Waals surface area contributed by atoms with Crippen molar-refractivity contribution in [1.82, 2.24) is 5.32 Å². The van der Waals surface area contributed by atoms with Crippen LogP contribution < -0.4 is 11.1 Å². The second kappa shape index (κ2) is 11.0. The number of hydrogen-bond acceptors (Lipinski definition) is 3. The maximum absolute atomic E-state index is 9.53. The molecule has 0 radical (unpaired) electrons. The van der Waals surface area contributed by atoms with Gasteiger partial charge < -0.3 is 16.2 Å². The van der Waals surface area contributed by atoms with Gasteiger partial charge in [0.05, 0.1) is 6.10 Å². The normalized spacial score (nSPS) is 13.1. The van der Waals surface area contributed by atoms with Crippen LogP contribution in [0.3, 0.4) is 0 Å². The Labute approximate surface area is 88.1 Å². The Morgan fingerprint density at radius 3 is 2.57 bits per heavy atom. The molecule has 0 bridgehead atoms. The molecule has 3 nitrogen and oxygen atoms in total. The molecule has 0 aromatic rings. The van der Waals surface area contributed by atoms with E-state index in [1.165, 1.54) is 25.7 Å². The fourth-order valence-electron chi connectivity index (χ4n) is 1.46. The molecule has 0 fully saturated rings. The largest absolute Gasteiger partial charge is 0.392 e. The Kier molecular flexibility index (Phi) is 10.9. The third-order valence-electron chi connectivity index (χ3n) is 2.34. The molecule has 1 unspecified atom stereocenters. The van der Waals surface area contributed by atoms with Crippen LogP contribution in [-0.4, -0.2) is 30.8 Å². The van der Waals surface area contributed by atoms with E-state index in [-0.39, 0.29) is 6.10 Å². The molecule has 0 aromatic carbocycles. The van der Waals surface area contributed by atoms with Gasteiger partial charge in [0.25, 0.3) is 0 Å². The molecule has 0 amide bonds. The first kappa shape index (κ1) is 13.9. The van der Waals surface area contributed by atoms with E-state index < -0.39 is 0 Å². The fourth-order valence-corrected chi connectivity index (χ4v) is 1.46. The van der Waals surface area contributed by atoms with E-state index in [0.717, 1.165) is 19.4 Å². The van der Waals surface area contributed by atoms with E-state index in [0.29, 0.717) is 13.1 Å². The molecule has 0 rings (SSSR count). The predicted molar refractivity (Wildman–Crippen MR) is 61.3 cm³/mol. The molecular formula is C11H26N2O. The third kappa shape index (κ3) is 9.96. The number of aliphatic hydroxyl groups excluding tert-OH is 1. The first-order valence-electron chi connectivity index (χ1n) is 5.90. The zero-order chi connectivity index (χ0) is 10.6. The Hall–Kier alpha value is -0.120. The summed E-state index contributed by atoms with van der Waals surface area (Å²) in [4.78, 5) is 0. The lowest BCUT2D eigenvalue weighted by Crippen LogP contribution is -2.30. The lowest BCUT2D eigenvalue weighted by atomic mass is 10.1. The molecule has 1 atom stereocenters. The summed E-state index contributed by atoms with van der Waals surface area (Å²) in [6.07, 6.45) is 7.03. The summed E-state index contributed by atoms with van der Waals surface area (Å²) in [6.45, 7) is 4.34. The van der Waals surface area contributed by atoms with Gasteiger partial charge in [0.1, 0.15) is 0 Å². The van der Waals surface area contributed by atoms with Crippen LogP contribution in [0.5, 0.6) is 0 Å². The zero-order valence-corrected chi connectivity index (χ0v) is 9.47. The lowest BCUT2D eigenvalue weighted by molar-refractivity contribution is 0.158. The van der Waals surface area contributed by atoms with Gasteiger partial charge in [0.2, 0.25) is 0 Å². The van der Waals surface area contributed by atoms with Gasteiger partial charge in [-0.25, -0.2) is 0 Å². The third-order valence-corrected chi connectivity index (χ3v) is 2.34. The number of unbranched alkanes of at least 4 members (excludes halogenated alkanes) is 4. The van der Waals surface area contributed by atoms with Crippen molar-refractivity contribution in [1.29, 1.82) is 0 Å². The summed E-state index contributed by atoms with van der Waals surface area (Å²) >= 11 is 0. The minimum Gasteiger partial charge on any atom is -0.392 e. The highest BCUT2D eigenvalue weighted by Crippen LogP contribution is 2.06. The highest BCUT2D eigenvalue weighted by Gasteiger charge is 2.02. The van der Waals surface area contributed by atoms with Gasteiger partial charge in [-0.05, 0) is 6.42 Å². The quantitative estimate of drug-likeness (QED) is 0.467. The van der Waals surface area contributed by atoms with Crippen LogP contribution >= 0.6 is 0 Å². The predicted octanol–water partition coefficient (Wildman–Crippen LogP) is 1.26. The minimum atomic E-state index is -0.192. The molecule has 3 heteroatoms. The molecule has 0 saturated carbocycles. The standard InChI is InChI=1S/C11H26N2O/c1-2-3-4-5-6-7-11(14)10-13-9-8-12/h11,13-14H,2-10,12H2,1H3. The van der Waals surface area contributed by atoms with Crippen molar-refractivity contribution >= 4 is 0 Å². The summed E-state index contributed by atoms with van der Waals surface area (Å²) in [7, 11) is 0. The van der Waals surface area contributed by atoms with E-state index in [1.807, 2.05) is 0 Å². The van der Waals surface area contributed by atoms with Crippen LogP contribution in [0.25, 0.3) is 0 Å². The average Bonchev–Trinajstić information content (AvgIpc) is 2.18. The second-order valence-electron chi connectivity index (χ2n) is 3.85. The van der Waals surface area contributed by atoms with Crippen molar-refractivity contribution in [3.8, 4) is 0 Å². The van der Waals surface area contributed by atoms with Crippen molar-refractivity contribution in [2.45, 2.75) is 51.6 Å². The Balaban J connectivity index is 3.06. The maximum atomic E-state index is 9.53. The number of rotatable bonds is 10. The number of aliphatic hydroxyl groups is 1. The molecule has 0 saturated heterocycles. The monoisotopic (exact) mass is 202 g/mol. The first-order valence-corrected chi connectivity index (χ1v) is 5.90. The van der Waals surface area contributed by atoms with Crippen molar-refractivity contribution < 1.29 is 5.11 Å². The van der Waals surface area contributed by atoms with E-state index >= 15 is 0 Å². The van der Waals surface area contributed by atoms with Crippen molar-refractivity contribution in [2.75, 3.05) is 19.6 Å². The van der Waals surface area contributed by atoms with Gasteiger partial charge in [-0.1, -0.05) is 39.0 Å². The van der Waals surface area contributed by atoms with E-state index in [2.05, 4.69) is 12.2 Å². The van der Waals surface area contributed by atoms with Gasteiger partial charge in [-0.15, -0.1) is 0 Å². The van der Waals surface area contributed by atoms with E-state index in [4.69, 9.17) is 5.73 Å². The van der Waals surface area contributed by atoms with Crippen LogP contribution in [-0.2, 0) is 0 Å². The summed E-state index contributed by atoms with van der Waals surface area (Å²) in [6, 6.07) is 0. The Morgan fingerprint density at radius 1 is 1.21 bits per heavy atom. The molecule has 0 aliphatic rings. The topological polar surface area (TPSA) is 58.3 Å². The average molecular weight is 202 g/mol. The van der Waals surface area contributed by atoms with Crippen LogP contribution in [0.2, 0.25) is 0 Å². The molecule has 0 aliphatic heterocycles. The lowest BCUT2D eigenvalue weighted by Gasteiger charge is -2.10. The summed E-state index contributed by atoms with van der Waals surface area (Å²) in [5.41, 5.74) is 5.33. The minimum absolute atomic E-state index is 0.192. The van der Waals surface area contributed by atoms with E-state index in [1.54, 1.807) is 0 Å². The highest BCUT2D eigenvalue weighted by atomic mass is 16.3. The molecule has 0 spiro atoms. The van der Waals surface area contributed by atoms with Crippen LogP contribution in [0.4, 0.5) is 0 Å². The smallest absolute Gasteiger partial charge is 0.0664 e. The molecular weight excluding hydrogens is 176 g/mol. The molecule has 0 aliphatic carbocycles. The molecule has 0 heterocycles. The van der Waals surface area contributed by atoms with Gasteiger partial charge in [0, 0.05) is 19.6 Å². The van der Waals surface area contributed by atoms with Gasteiger partial charge in [0.15, 0.2) is 0 Å². The highest BCUT2D eigenvalue weighted by molar-refractivity contribution is 4.59. The zero-order valence-electron chi connectivity index (χ0n) is 9.47. The molecule has 14 heavy (non-hydrogen) atoms. The molecule has 86 valence electrons. The Bertz CT molecular complexity index is 109. The first-order chi connectivity index (χ1) is 6.81. The number of nitrogens with one attached hydrogen (secondary N) is 1. The number of hydrogen-bond donors (Lipinski definition) is 3. The van der Waals surface area contributed by atoms with Gasteiger partial charge in [-0.2, -0.15) is 0 Å². The van der Waals surface area contributed by atoms with Gasteiger partial charge >= 0.3 is 0 Å². The molecule has 4 N–H and O–H groups in total. The fraction of sp³-hybridized carbons (Fsp3) is 1.00.